The van der Waals surface area contributed by atoms with Gasteiger partial charge >= 0.3 is 0 Å². The standard InChI is InChI=1S/C18H21N3O2/c1-11-6-12(2)17(13(3)7-11)23-16-8-14(4)18(22-5)15(9-16)10-20-21-19/h6-9H,10H2,1-5H3. The molecule has 0 spiro atoms. The minimum atomic E-state index is 0.226. The molecule has 2 aromatic rings. The van der Waals surface area contributed by atoms with Crippen LogP contribution in [0.25, 0.3) is 10.4 Å². The molecule has 5 heteroatoms. The van der Waals surface area contributed by atoms with Crippen molar-refractivity contribution in [2.75, 3.05) is 7.11 Å². The highest BCUT2D eigenvalue weighted by atomic mass is 16.5. The topological polar surface area (TPSA) is 67.2 Å². The zero-order valence-corrected chi connectivity index (χ0v) is 14.2. The predicted octanol–water partition coefficient (Wildman–Crippen LogP) is 5.53. The fraction of sp³-hybridized carbons (Fsp3) is 0.333. The molecule has 0 aliphatic carbocycles. The first-order valence-corrected chi connectivity index (χ1v) is 7.40. The van der Waals surface area contributed by atoms with Crippen molar-refractivity contribution in [1.29, 1.82) is 0 Å². The lowest BCUT2D eigenvalue weighted by atomic mass is 10.1. The molecular weight excluding hydrogens is 290 g/mol. The van der Waals surface area contributed by atoms with E-state index in [1.165, 1.54) is 5.56 Å². The maximum atomic E-state index is 8.55. The first-order chi connectivity index (χ1) is 11.0. The van der Waals surface area contributed by atoms with Crippen LogP contribution in [-0.2, 0) is 6.54 Å². The van der Waals surface area contributed by atoms with Gasteiger partial charge in [0.2, 0.25) is 0 Å². The molecule has 0 heterocycles. The Balaban J connectivity index is 2.45. The summed E-state index contributed by atoms with van der Waals surface area (Å²) in [5, 5.41) is 3.63. The van der Waals surface area contributed by atoms with E-state index in [9.17, 15) is 0 Å². The first-order valence-electron chi connectivity index (χ1n) is 7.40. The van der Waals surface area contributed by atoms with Gasteiger partial charge < -0.3 is 9.47 Å². The van der Waals surface area contributed by atoms with Crippen molar-refractivity contribution < 1.29 is 9.47 Å². The van der Waals surface area contributed by atoms with E-state index in [4.69, 9.17) is 15.0 Å². The lowest BCUT2D eigenvalue weighted by Gasteiger charge is -2.16. The number of benzene rings is 2. The van der Waals surface area contributed by atoms with Crippen molar-refractivity contribution >= 4 is 0 Å². The average Bonchev–Trinajstić information content (AvgIpc) is 2.48. The summed E-state index contributed by atoms with van der Waals surface area (Å²) in [6, 6.07) is 7.98. The summed E-state index contributed by atoms with van der Waals surface area (Å²) in [4.78, 5) is 2.82. The normalized spacial score (nSPS) is 10.1. The molecular formula is C18H21N3O2. The molecule has 0 saturated heterocycles. The Morgan fingerprint density at radius 2 is 1.57 bits per heavy atom. The summed E-state index contributed by atoms with van der Waals surface area (Å²) in [5.74, 6) is 2.29. The summed E-state index contributed by atoms with van der Waals surface area (Å²) in [6.45, 7) is 8.31. The van der Waals surface area contributed by atoms with Crippen LogP contribution >= 0.6 is 0 Å². The van der Waals surface area contributed by atoms with Crippen molar-refractivity contribution in [1.82, 2.24) is 0 Å². The van der Waals surface area contributed by atoms with E-state index in [0.717, 1.165) is 33.8 Å². The van der Waals surface area contributed by atoms with Crippen LogP contribution in [0.2, 0.25) is 0 Å². The summed E-state index contributed by atoms with van der Waals surface area (Å²) in [5.41, 5.74) is 13.7. The van der Waals surface area contributed by atoms with E-state index in [2.05, 4.69) is 29.1 Å². The lowest BCUT2D eigenvalue weighted by molar-refractivity contribution is 0.404. The van der Waals surface area contributed by atoms with E-state index in [1.807, 2.05) is 32.9 Å². The Morgan fingerprint density at radius 1 is 0.957 bits per heavy atom. The van der Waals surface area contributed by atoms with Gasteiger partial charge in [0.15, 0.2) is 0 Å². The highest BCUT2D eigenvalue weighted by molar-refractivity contribution is 5.50. The minimum absolute atomic E-state index is 0.226. The van der Waals surface area contributed by atoms with Gasteiger partial charge in [-0.2, -0.15) is 0 Å². The molecule has 0 bridgehead atoms. The van der Waals surface area contributed by atoms with Gasteiger partial charge in [0.25, 0.3) is 0 Å². The van der Waals surface area contributed by atoms with Crippen molar-refractivity contribution in [3.8, 4) is 17.2 Å². The monoisotopic (exact) mass is 311 g/mol. The van der Waals surface area contributed by atoms with E-state index in [-0.39, 0.29) is 6.54 Å². The van der Waals surface area contributed by atoms with Gasteiger partial charge in [0, 0.05) is 10.5 Å². The van der Waals surface area contributed by atoms with Gasteiger partial charge in [0.05, 0.1) is 13.7 Å². The second-order valence-electron chi connectivity index (χ2n) is 5.65. The van der Waals surface area contributed by atoms with Gasteiger partial charge in [-0.05, 0) is 62.0 Å². The molecule has 0 saturated carbocycles. The van der Waals surface area contributed by atoms with Crippen LogP contribution < -0.4 is 9.47 Å². The number of azide groups is 1. The first kappa shape index (κ1) is 16.7. The molecule has 0 N–H and O–H groups in total. The van der Waals surface area contributed by atoms with E-state index in [0.29, 0.717) is 5.75 Å². The zero-order valence-electron chi connectivity index (χ0n) is 14.2. The fourth-order valence-electron chi connectivity index (χ4n) is 2.83. The van der Waals surface area contributed by atoms with Crippen molar-refractivity contribution in [2.45, 2.75) is 34.2 Å². The van der Waals surface area contributed by atoms with Crippen LogP contribution in [0.1, 0.15) is 27.8 Å². The molecule has 23 heavy (non-hydrogen) atoms. The molecule has 0 fully saturated rings. The lowest BCUT2D eigenvalue weighted by Crippen LogP contribution is -1.97. The molecule has 0 aromatic heterocycles. The van der Waals surface area contributed by atoms with Gasteiger partial charge in [-0.25, -0.2) is 0 Å². The third-order valence-electron chi connectivity index (χ3n) is 3.66. The molecule has 0 atom stereocenters. The number of hydrogen-bond donors (Lipinski definition) is 0. The van der Waals surface area contributed by atoms with Gasteiger partial charge in [-0.1, -0.05) is 22.8 Å². The number of rotatable bonds is 5. The van der Waals surface area contributed by atoms with Crippen molar-refractivity contribution in [2.24, 2.45) is 5.11 Å². The number of nitrogens with zero attached hydrogens (tertiary/aromatic N) is 3. The van der Waals surface area contributed by atoms with Crippen molar-refractivity contribution in [3.05, 3.63) is 62.5 Å². The smallest absolute Gasteiger partial charge is 0.133 e. The largest absolute Gasteiger partial charge is 0.496 e. The average molecular weight is 311 g/mol. The Hall–Kier alpha value is -2.65. The maximum Gasteiger partial charge on any atom is 0.133 e. The summed E-state index contributed by atoms with van der Waals surface area (Å²) in [6.07, 6.45) is 0. The van der Waals surface area contributed by atoms with Crippen LogP contribution in [0.3, 0.4) is 0 Å². The summed E-state index contributed by atoms with van der Waals surface area (Å²) < 4.78 is 11.5. The van der Waals surface area contributed by atoms with Gasteiger partial charge in [-0.3, -0.25) is 0 Å². The van der Waals surface area contributed by atoms with Crippen LogP contribution in [0.4, 0.5) is 0 Å². The summed E-state index contributed by atoms with van der Waals surface area (Å²) in [7, 11) is 1.61. The highest BCUT2D eigenvalue weighted by Crippen LogP contribution is 2.34. The van der Waals surface area contributed by atoms with E-state index < -0.39 is 0 Å². The molecule has 0 radical (unpaired) electrons. The van der Waals surface area contributed by atoms with Crippen LogP contribution in [0, 0.1) is 27.7 Å². The SMILES string of the molecule is COc1c(C)cc(Oc2c(C)cc(C)cc2C)cc1CN=[N+]=[N-]. The molecule has 0 amide bonds. The summed E-state index contributed by atoms with van der Waals surface area (Å²) >= 11 is 0. The quantitative estimate of drug-likeness (QED) is 0.414. The number of ether oxygens (including phenoxy) is 2. The number of aryl methyl sites for hydroxylation is 4. The molecule has 2 aromatic carbocycles. The van der Waals surface area contributed by atoms with E-state index >= 15 is 0 Å². The molecule has 2 rings (SSSR count). The molecule has 120 valence electrons. The minimum Gasteiger partial charge on any atom is -0.496 e. The van der Waals surface area contributed by atoms with Gasteiger partial charge in [-0.15, -0.1) is 0 Å². The van der Waals surface area contributed by atoms with Crippen LogP contribution in [0.5, 0.6) is 17.2 Å². The Bertz CT molecular complexity index is 755. The number of methoxy groups -OCH3 is 1. The maximum absolute atomic E-state index is 8.55. The van der Waals surface area contributed by atoms with Crippen LogP contribution in [-0.4, -0.2) is 7.11 Å². The zero-order chi connectivity index (χ0) is 17.0. The molecule has 0 aliphatic rings. The second-order valence-corrected chi connectivity index (χ2v) is 5.65. The van der Waals surface area contributed by atoms with E-state index in [1.54, 1.807) is 7.11 Å². The highest BCUT2D eigenvalue weighted by Gasteiger charge is 2.12. The van der Waals surface area contributed by atoms with Crippen molar-refractivity contribution in [3.63, 3.8) is 0 Å². The Labute approximate surface area is 136 Å². The molecule has 0 aliphatic heterocycles. The fourth-order valence-corrected chi connectivity index (χ4v) is 2.83. The third kappa shape index (κ3) is 3.76. The Kier molecular flexibility index (Phi) is 5.14. The predicted molar refractivity (Wildman–Crippen MR) is 91.3 cm³/mol. The van der Waals surface area contributed by atoms with Gasteiger partial charge in [0.1, 0.15) is 17.2 Å². The molecule has 5 nitrogen and oxygen atoms in total. The molecule has 0 unspecified atom stereocenters. The second kappa shape index (κ2) is 7.07. The third-order valence-corrected chi connectivity index (χ3v) is 3.66. The Morgan fingerprint density at radius 3 is 2.13 bits per heavy atom. The van der Waals surface area contributed by atoms with Crippen LogP contribution in [0.15, 0.2) is 29.4 Å². The number of hydrogen-bond acceptors (Lipinski definition) is 3.